The maximum atomic E-state index is 11.8. The molecule has 0 amide bonds. The predicted molar refractivity (Wildman–Crippen MR) is 84.6 cm³/mol. The highest BCUT2D eigenvalue weighted by Crippen LogP contribution is 2.48. The Labute approximate surface area is 128 Å². The first-order valence-electron chi connectivity index (χ1n) is 8.07. The number of carboxylic acids is 1. The summed E-state index contributed by atoms with van der Waals surface area (Å²) in [6.45, 7) is 2.23. The van der Waals surface area contributed by atoms with Crippen molar-refractivity contribution in [2.75, 3.05) is 13.1 Å². The Bertz CT molecular complexity index is 833. The monoisotopic (exact) mass is 294 g/mol. The van der Waals surface area contributed by atoms with Crippen LogP contribution in [-0.2, 0) is 11.2 Å². The topological polar surface area (TPSA) is 45.5 Å². The summed E-state index contributed by atoms with van der Waals surface area (Å²) in [4.78, 5) is 14.4. The Morgan fingerprint density at radius 3 is 2.95 bits per heavy atom. The van der Waals surface area contributed by atoms with Crippen molar-refractivity contribution in [3.8, 4) is 0 Å². The lowest BCUT2D eigenvalue weighted by Gasteiger charge is -2.46. The number of nitrogens with zero attached hydrogens (tertiary/aromatic N) is 2. The van der Waals surface area contributed by atoms with Gasteiger partial charge in [0, 0.05) is 23.5 Å². The lowest BCUT2D eigenvalue weighted by molar-refractivity contribution is -0.130. The molecule has 1 fully saturated rings. The molecule has 5 rings (SSSR count). The molecule has 0 radical (unpaired) electrons. The molecule has 4 heterocycles. The van der Waals surface area contributed by atoms with Crippen LogP contribution in [0.5, 0.6) is 0 Å². The van der Waals surface area contributed by atoms with Gasteiger partial charge in [0.2, 0.25) is 0 Å². The highest BCUT2D eigenvalue weighted by molar-refractivity contribution is 6.12. The fourth-order valence-electron chi connectivity index (χ4n) is 4.76. The van der Waals surface area contributed by atoms with E-state index in [2.05, 4.69) is 23.1 Å². The van der Waals surface area contributed by atoms with Gasteiger partial charge < -0.3 is 9.67 Å². The molecular weight excluding hydrogens is 276 g/mol. The molecule has 1 aromatic heterocycles. The maximum absolute atomic E-state index is 11.8. The first-order valence-corrected chi connectivity index (χ1v) is 8.07. The summed E-state index contributed by atoms with van der Waals surface area (Å²) >= 11 is 0. The Balaban J connectivity index is 1.89. The maximum Gasteiger partial charge on any atom is 0.352 e. The van der Waals surface area contributed by atoms with Crippen molar-refractivity contribution in [3.05, 3.63) is 41.6 Å². The van der Waals surface area contributed by atoms with Crippen LogP contribution in [0, 0.1) is 5.92 Å². The van der Waals surface area contributed by atoms with E-state index in [9.17, 15) is 9.90 Å². The number of hydrogen-bond acceptors (Lipinski definition) is 2. The molecular formula is C18H18N2O2. The zero-order chi connectivity index (χ0) is 14.8. The van der Waals surface area contributed by atoms with Crippen LogP contribution in [-0.4, -0.2) is 33.6 Å². The number of fused-ring (bicyclic) bond motifs is 3. The van der Waals surface area contributed by atoms with E-state index < -0.39 is 5.97 Å². The summed E-state index contributed by atoms with van der Waals surface area (Å²) in [7, 11) is 0. The third-order valence-electron chi connectivity index (χ3n) is 5.56. The molecule has 112 valence electrons. The zero-order valence-electron chi connectivity index (χ0n) is 12.3. The molecule has 22 heavy (non-hydrogen) atoms. The quantitative estimate of drug-likeness (QED) is 0.879. The second-order valence-corrected chi connectivity index (χ2v) is 6.61. The van der Waals surface area contributed by atoms with Gasteiger partial charge in [-0.1, -0.05) is 18.2 Å². The zero-order valence-corrected chi connectivity index (χ0v) is 12.3. The number of benzene rings is 1. The molecule has 2 aromatic rings. The van der Waals surface area contributed by atoms with Gasteiger partial charge in [0.25, 0.3) is 0 Å². The number of aromatic nitrogens is 1. The fourth-order valence-corrected chi connectivity index (χ4v) is 4.76. The summed E-state index contributed by atoms with van der Waals surface area (Å²) in [5.41, 5.74) is 4.11. The smallest absolute Gasteiger partial charge is 0.352 e. The number of rotatable bonds is 1. The van der Waals surface area contributed by atoms with Crippen LogP contribution in [0.2, 0.25) is 0 Å². The van der Waals surface area contributed by atoms with E-state index >= 15 is 0 Å². The van der Waals surface area contributed by atoms with Gasteiger partial charge in [-0.3, -0.25) is 4.90 Å². The molecule has 1 N–H and O–H groups in total. The van der Waals surface area contributed by atoms with Crippen LogP contribution in [0.15, 0.2) is 30.3 Å². The number of para-hydroxylation sites is 1. The van der Waals surface area contributed by atoms with Crippen molar-refractivity contribution in [1.29, 1.82) is 0 Å². The van der Waals surface area contributed by atoms with Gasteiger partial charge in [-0.25, -0.2) is 4.79 Å². The van der Waals surface area contributed by atoms with Crippen LogP contribution in [0.25, 0.3) is 16.6 Å². The van der Waals surface area contributed by atoms with Crippen molar-refractivity contribution in [2.24, 2.45) is 5.92 Å². The van der Waals surface area contributed by atoms with Gasteiger partial charge >= 0.3 is 5.97 Å². The fraction of sp³-hybridized carbons (Fsp3) is 0.389. The summed E-state index contributed by atoms with van der Waals surface area (Å²) in [6.07, 6.45) is 5.30. The molecule has 2 unspecified atom stereocenters. The highest BCUT2D eigenvalue weighted by Gasteiger charge is 2.43. The molecule has 2 atom stereocenters. The van der Waals surface area contributed by atoms with Gasteiger partial charge in [0.1, 0.15) is 5.70 Å². The van der Waals surface area contributed by atoms with E-state index in [4.69, 9.17) is 0 Å². The van der Waals surface area contributed by atoms with Crippen molar-refractivity contribution in [1.82, 2.24) is 9.47 Å². The summed E-state index contributed by atoms with van der Waals surface area (Å²) < 4.78 is 2.02. The van der Waals surface area contributed by atoms with E-state index in [-0.39, 0.29) is 0 Å². The van der Waals surface area contributed by atoms with Crippen LogP contribution < -0.4 is 0 Å². The lowest BCUT2D eigenvalue weighted by Crippen LogP contribution is -2.45. The van der Waals surface area contributed by atoms with Gasteiger partial charge in [-0.15, -0.1) is 0 Å². The molecule has 0 spiro atoms. The minimum absolute atomic E-state index is 0.343. The van der Waals surface area contributed by atoms with Crippen LogP contribution >= 0.6 is 0 Å². The third kappa shape index (κ3) is 1.43. The van der Waals surface area contributed by atoms with Gasteiger partial charge in [-0.05, 0) is 43.5 Å². The first-order chi connectivity index (χ1) is 10.8. The second kappa shape index (κ2) is 4.23. The Morgan fingerprint density at radius 1 is 1.23 bits per heavy atom. The Kier molecular flexibility index (Phi) is 2.40. The van der Waals surface area contributed by atoms with Crippen LogP contribution in [0.1, 0.15) is 30.1 Å². The molecule has 0 aliphatic carbocycles. The van der Waals surface area contributed by atoms with Gasteiger partial charge in [0.15, 0.2) is 0 Å². The van der Waals surface area contributed by atoms with Gasteiger partial charge in [0.05, 0.1) is 11.6 Å². The van der Waals surface area contributed by atoms with E-state index in [1.807, 2.05) is 16.7 Å². The molecule has 0 bridgehead atoms. The highest BCUT2D eigenvalue weighted by atomic mass is 16.4. The van der Waals surface area contributed by atoms with E-state index in [1.54, 1.807) is 0 Å². The minimum atomic E-state index is -0.815. The number of carboxylic acid groups (broad SMARTS) is 1. The molecule has 4 nitrogen and oxygen atoms in total. The average Bonchev–Trinajstić information content (AvgIpc) is 2.88. The summed E-state index contributed by atoms with van der Waals surface area (Å²) in [5.74, 6) is -0.472. The predicted octanol–water partition coefficient (Wildman–Crippen LogP) is 2.89. The van der Waals surface area contributed by atoms with Crippen molar-refractivity contribution in [3.63, 3.8) is 0 Å². The summed E-state index contributed by atoms with van der Waals surface area (Å²) in [5, 5.41) is 11.0. The van der Waals surface area contributed by atoms with Crippen molar-refractivity contribution < 1.29 is 9.90 Å². The third-order valence-corrected chi connectivity index (χ3v) is 5.56. The number of aliphatic carboxylic acids is 1. The normalized spacial score (nSPS) is 26.6. The number of hydrogen-bond donors (Lipinski definition) is 1. The van der Waals surface area contributed by atoms with E-state index in [1.165, 1.54) is 23.1 Å². The van der Waals surface area contributed by atoms with Crippen molar-refractivity contribution >= 4 is 22.6 Å². The standard InChI is InChI=1S/C18H18N2O2/c21-18(22)15-10-11-4-3-8-19-9-7-13-12-5-1-2-6-14(12)20(15)17(13)16(11)19/h1-2,5-6,10-11,16H,3-4,7-9H2,(H,21,22). The van der Waals surface area contributed by atoms with E-state index in [0.717, 1.165) is 31.4 Å². The van der Waals surface area contributed by atoms with E-state index in [0.29, 0.717) is 17.7 Å². The molecule has 3 aliphatic heterocycles. The summed E-state index contributed by atoms with van der Waals surface area (Å²) in [6, 6.07) is 8.62. The largest absolute Gasteiger partial charge is 0.477 e. The Hall–Kier alpha value is -2.07. The molecule has 3 aliphatic rings. The number of piperidine rings is 1. The SMILES string of the molecule is O=C(O)C1=CC2CCCN3CCc4c(n1c1ccccc41)C23. The molecule has 1 aromatic carbocycles. The molecule has 0 saturated carbocycles. The average molecular weight is 294 g/mol. The minimum Gasteiger partial charge on any atom is -0.477 e. The molecule has 1 saturated heterocycles. The number of carbonyl (C=O) groups is 1. The van der Waals surface area contributed by atoms with Crippen LogP contribution in [0.4, 0.5) is 0 Å². The van der Waals surface area contributed by atoms with Crippen molar-refractivity contribution in [2.45, 2.75) is 25.3 Å². The lowest BCUT2D eigenvalue weighted by atomic mass is 9.80. The first kappa shape index (κ1) is 12.5. The second-order valence-electron chi connectivity index (χ2n) is 6.61. The molecule has 4 heteroatoms. The van der Waals surface area contributed by atoms with Gasteiger partial charge in [-0.2, -0.15) is 0 Å². The van der Waals surface area contributed by atoms with Crippen LogP contribution in [0.3, 0.4) is 0 Å². The Morgan fingerprint density at radius 2 is 2.09 bits per heavy atom.